The zero-order chi connectivity index (χ0) is 25.9. The molecule has 9 nitrogen and oxygen atoms in total. The molecule has 37 heavy (non-hydrogen) atoms. The predicted molar refractivity (Wildman–Crippen MR) is 139 cm³/mol. The normalized spacial score (nSPS) is 15.1. The Balaban J connectivity index is 1.41. The van der Waals surface area contributed by atoms with E-state index in [2.05, 4.69) is 20.6 Å². The number of hydrogen-bond acceptors (Lipinski definition) is 5. The summed E-state index contributed by atoms with van der Waals surface area (Å²) in [5.41, 5.74) is 3.12. The monoisotopic (exact) mass is 514 g/mol. The molecule has 2 aromatic heterocycles. The number of carbonyl (C=O) groups excluding carboxylic acids is 3. The van der Waals surface area contributed by atoms with E-state index < -0.39 is 6.04 Å². The number of fused-ring (bicyclic) bond motifs is 1. The van der Waals surface area contributed by atoms with Crippen molar-refractivity contribution in [2.75, 3.05) is 10.6 Å². The third kappa shape index (κ3) is 5.36. The fourth-order valence-electron chi connectivity index (χ4n) is 4.18. The first kappa shape index (κ1) is 24.2. The lowest BCUT2D eigenvalue weighted by atomic mass is 10.1. The van der Waals surface area contributed by atoms with Gasteiger partial charge in [-0.15, -0.1) is 0 Å². The Morgan fingerprint density at radius 1 is 1.08 bits per heavy atom. The van der Waals surface area contributed by atoms with Crippen molar-refractivity contribution in [3.8, 4) is 0 Å². The Bertz CT molecular complexity index is 1470. The van der Waals surface area contributed by atoms with Crippen LogP contribution >= 0.6 is 11.6 Å². The maximum Gasteiger partial charge on any atom is 0.275 e. The van der Waals surface area contributed by atoms with Crippen LogP contribution in [-0.2, 0) is 24.8 Å². The molecule has 2 N–H and O–H groups in total. The number of imidazole rings is 1. The second-order valence-electron chi connectivity index (χ2n) is 8.73. The van der Waals surface area contributed by atoms with E-state index in [1.165, 1.54) is 0 Å². The number of rotatable bonds is 6. The van der Waals surface area contributed by atoms with E-state index in [1.54, 1.807) is 71.6 Å². The molecule has 10 heteroatoms. The number of benzene rings is 2. The average Bonchev–Trinajstić information content (AvgIpc) is 3.30. The number of carbonyl (C=O) groups is 3. The van der Waals surface area contributed by atoms with Crippen LogP contribution in [0.3, 0.4) is 0 Å². The highest BCUT2D eigenvalue weighted by Gasteiger charge is 2.35. The van der Waals surface area contributed by atoms with Crippen molar-refractivity contribution in [3.05, 3.63) is 107 Å². The SMILES string of the molecule is Cn1cnc(C(=O)Nc2ccc(CN3C(=O)c4ccc(Cl)cc4NC(=O)C3Cc3ccccn3)cc2)c1. The number of amides is 3. The number of aromatic nitrogens is 3. The molecule has 0 radical (unpaired) electrons. The van der Waals surface area contributed by atoms with Gasteiger partial charge in [-0.25, -0.2) is 4.98 Å². The van der Waals surface area contributed by atoms with Crippen molar-refractivity contribution < 1.29 is 14.4 Å². The van der Waals surface area contributed by atoms with Crippen molar-refractivity contribution in [3.63, 3.8) is 0 Å². The van der Waals surface area contributed by atoms with Crippen LogP contribution < -0.4 is 10.6 Å². The Morgan fingerprint density at radius 3 is 2.59 bits per heavy atom. The van der Waals surface area contributed by atoms with Gasteiger partial charge in [-0.3, -0.25) is 19.4 Å². The van der Waals surface area contributed by atoms with Gasteiger partial charge in [-0.05, 0) is 48.0 Å². The molecule has 0 aliphatic carbocycles. The molecular formula is C27H23ClN6O3. The second kappa shape index (κ2) is 10.2. The van der Waals surface area contributed by atoms with Gasteiger partial charge in [0.15, 0.2) is 0 Å². The Morgan fingerprint density at radius 2 is 1.89 bits per heavy atom. The van der Waals surface area contributed by atoms with E-state index in [-0.39, 0.29) is 30.7 Å². The molecule has 2 aromatic carbocycles. The standard InChI is InChI=1S/C27H23ClN6O3/c1-33-15-23(30-16-33)25(35)31-19-8-5-17(6-9-19)14-34-24(13-20-4-2-3-11-29-20)26(36)32-22-12-18(28)7-10-21(22)27(34)37/h2-12,15-16,24H,13-14H2,1H3,(H,31,35)(H,32,36). The summed E-state index contributed by atoms with van der Waals surface area (Å²) in [5, 5.41) is 6.09. The van der Waals surface area contributed by atoms with Gasteiger partial charge >= 0.3 is 0 Å². The van der Waals surface area contributed by atoms with Gasteiger partial charge in [0.25, 0.3) is 11.8 Å². The van der Waals surface area contributed by atoms with E-state index in [1.807, 2.05) is 24.3 Å². The van der Waals surface area contributed by atoms with Crippen molar-refractivity contribution in [2.45, 2.75) is 19.0 Å². The van der Waals surface area contributed by atoms with Gasteiger partial charge < -0.3 is 20.1 Å². The molecule has 5 rings (SSSR count). The topological polar surface area (TPSA) is 109 Å². The molecule has 1 aliphatic heterocycles. The lowest BCUT2D eigenvalue weighted by Crippen LogP contribution is -2.46. The minimum Gasteiger partial charge on any atom is -0.340 e. The highest BCUT2D eigenvalue weighted by atomic mass is 35.5. The van der Waals surface area contributed by atoms with Crippen molar-refractivity contribution >= 4 is 40.7 Å². The highest BCUT2D eigenvalue weighted by molar-refractivity contribution is 6.31. The van der Waals surface area contributed by atoms with Gasteiger partial charge in [0, 0.05) is 48.8 Å². The van der Waals surface area contributed by atoms with Gasteiger partial charge in [-0.1, -0.05) is 29.8 Å². The van der Waals surface area contributed by atoms with Crippen molar-refractivity contribution in [1.82, 2.24) is 19.4 Å². The average molecular weight is 515 g/mol. The molecule has 0 saturated carbocycles. The van der Waals surface area contributed by atoms with Crippen LogP contribution in [0.4, 0.5) is 11.4 Å². The number of aryl methyl sites for hydroxylation is 1. The first-order chi connectivity index (χ1) is 17.9. The zero-order valence-electron chi connectivity index (χ0n) is 19.9. The molecule has 3 amide bonds. The van der Waals surface area contributed by atoms with E-state index in [0.717, 1.165) is 5.56 Å². The summed E-state index contributed by atoms with van der Waals surface area (Å²) >= 11 is 6.13. The molecule has 186 valence electrons. The fraction of sp³-hybridized carbons (Fsp3) is 0.148. The van der Waals surface area contributed by atoms with Gasteiger partial charge in [-0.2, -0.15) is 0 Å². The summed E-state index contributed by atoms with van der Waals surface area (Å²) < 4.78 is 1.69. The number of anilines is 2. The lowest BCUT2D eigenvalue weighted by molar-refractivity contribution is -0.120. The third-order valence-corrected chi connectivity index (χ3v) is 6.28. The maximum absolute atomic E-state index is 13.7. The summed E-state index contributed by atoms with van der Waals surface area (Å²) in [6.45, 7) is 0.181. The van der Waals surface area contributed by atoms with E-state index in [4.69, 9.17) is 11.6 Å². The fourth-order valence-corrected chi connectivity index (χ4v) is 4.35. The molecule has 1 aliphatic rings. The molecule has 1 unspecified atom stereocenters. The summed E-state index contributed by atoms with van der Waals surface area (Å²) in [6.07, 6.45) is 5.09. The summed E-state index contributed by atoms with van der Waals surface area (Å²) in [4.78, 5) is 49.3. The predicted octanol–water partition coefficient (Wildman–Crippen LogP) is 3.93. The maximum atomic E-state index is 13.7. The molecule has 0 saturated heterocycles. The third-order valence-electron chi connectivity index (χ3n) is 6.04. The zero-order valence-corrected chi connectivity index (χ0v) is 20.6. The number of nitrogens with one attached hydrogen (secondary N) is 2. The molecular weight excluding hydrogens is 492 g/mol. The highest BCUT2D eigenvalue weighted by Crippen LogP contribution is 2.29. The lowest BCUT2D eigenvalue weighted by Gasteiger charge is -2.28. The first-order valence-corrected chi connectivity index (χ1v) is 11.9. The minimum atomic E-state index is -0.794. The van der Waals surface area contributed by atoms with E-state index in [9.17, 15) is 14.4 Å². The minimum absolute atomic E-state index is 0.181. The number of halogens is 1. The van der Waals surface area contributed by atoms with Gasteiger partial charge in [0.2, 0.25) is 5.91 Å². The summed E-state index contributed by atoms with van der Waals surface area (Å²) in [5.74, 6) is -0.934. The summed E-state index contributed by atoms with van der Waals surface area (Å²) in [6, 6.07) is 16.6. The second-order valence-corrected chi connectivity index (χ2v) is 9.17. The molecule has 0 spiro atoms. The summed E-state index contributed by atoms with van der Waals surface area (Å²) in [7, 11) is 1.79. The van der Waals surface area contributed by atoms with Crippen LogP contribution in [0, 0.1) is 0 Å². The van der Waals surface area contributed by atoms with Crippen molar-refractivity contribution in [2.24, 2.45) is 7.05 Å². The number of pyridine rings is 1. The molecule has 4 aromatic rings. The number of nitrogens with zero attached hydrogens (tertiary/aromatic N) is 4. The molecule has 3 heterocycles. The number of hydrogen-bond donors (Lipinski definition) is 2. The Kier molecular flexibility index (Phi) is 6.70. The van der Waals surface area contributed by atoms with Crippen LogP contribution in [-0.4, -0.2) is 43.2 Å². The van der Waals surface area contributed by atoms with Crippen LogP contribution in [0.15, 0.2) is 79.4 Å². The Labute approximate surface area is 218 Å². The van der Waals surface area contributed by atoms with E-state index >= 15 is 0 Å². The van der Waals surface area contributed by atoms with Gasteiger partial charge in [0.1, 0.15) is 11.7 Å². The first-order valence-electron chi connectivity index (χ1n) is 11.6. The molecule has 0 fully saturated rings. The Hall–Kier alpha value is -4.50. The van der Waals surface area contributed by atoms with Crippen molar-refractivity contribution in [1.29, 1.82) is 0 Å². The quantitative estimate of drug-likeness (QED) is 0.405. The van der Waals surface area contributed by atoms with Gasteiger partial charge in [0.05, 0.1) is 17.6 Å². The van der Waals surface area contributed by atoms with Crippen LogP contribution in [0.2, 0.25) is 5.02 Å². The van der Waals surface area contributed by atoms with Crippen LogP contribution in [0.1, 0.15) is 32.1 Å². The van der Waals surface area contributed by atoms with Crippen LogP contribution in [0.25, 0.3) is 0 Å². The smallest absolute Gasteiger partial charge is 0.275 e. The van der Waals surface area contributed by atoms with E-state index in [0.29, 0.717) is 33.3 Å². The largest absolute Gasteiger partial charge is 0.340 e. The molecule has 0 bridgehead atoms. The van der Waals surface area contributed by atoms with Crippen LogP contribution in [0.5, 0.6) is 0 Å². The molecule has 1 atom stereocenters.